The summed E-state index contributed by atoms with van der Waals surface area (Å²) in [4.78, 5) is 16.1. The highest BCUT2D eigenvalue weighted by atomic mass is 32.1. The average Bonchev–Trinajstić information content (AvgIpc) is 2.60. The molecule has 0 radical (unpaired) electrons. The maximum Gasteiger partial charge on any atom is 0.178 e. The molecule has 0 unspecified atom stereocenters. The topological polar surface area (TPSA) is 30.0 Å². The quantitative estimate of drug-likeness (QED) is 0.759. The van der Waals surface area contributed by atoms with Crippen LogP contribution in [0.15, 0.2) is 24.3 Å². The van der Waals surface area contributed by atoms with Gasteiger partial charge in [0.1, 0.15) is 0 Å². The number of carbonyl (C=O) groups excluding carboxylic acids is 1. The zero-order chi connectivity index (χ0) is 11.5. The lowest BCUT2D eigenvalue weighted by atomic mass is 10.1. The average molecular weight is 231 g/mol. The minimum Gasteiger partial charge on any atom is -0.295 e. The van der Waals surface area contributed by atoms with E-state index in [4.69, 9.17) is 0 Å². The molecule has 0 saturated carbocycles. The van der Waals surface area contributed by atoms with Crippen molar-refractivity contribution in [3.8, 4) is 0 Å². The van der Waals surface area contributed by atoms with Crippen molar-refractivity contribution in [3.63, 3.8) is 0 Å². The van der Waals surface area contributed by atoms with Gasteiger partial charge in [-0.25, -0.2) is 4.98 Å². The van der Waals surface area contributed by atoms with Gasteiger partial charge in [0, 0.05) is 11.3 Å². The van der Waals surface area contributed by atoms with Gasteiger partial charge in [-0.3, -0.25) is 4.79 Å². The van der Waals surface area contributed by atoms with Gasteiger partial charge in [-0.1, -0.05) is 29.8 Å². The molecule has 16 heavy (non-hydrogen) atoms. The van der Waals surface area contributed by atoms with Crippen molar-refractivity contribution in [2.45, 2.75) is 20.3 Å². The summed E-state index contributed by atoms with van der Waals surface area (Å²) >= 11 is 1.46. The van der Waals surface area contributed by atoms with Gasteiger partial charge >= 0.3 is 0 Å². The number of carbonyl (C=O) groups is 1. The third kappa shape index (κ3) is 2.36. The fourth-order valence-electron chi connectivity index (χ4n) is 1.68. The molecule has 0 aliphatic rings. The molecule has 0 saturated heterocycles. The van der Waals surface area contributed by atoms with Crippen LogP contribution in [0.4, 0.5) is 0 Å². The molecule has 0 aliphatic carbocycles. The van der Waals surface area contributed by atoms with Gasteiger partial charge in [-0.05, 0) is 19.4 Å². The van der Waals surface area contributed by atoms with E-state index < -0.39 is 0 Å². The number of benzene rings is 1. The number of hydrogen-bond acceptors (Lipinski definition) is 3. The summed E-state index contributed by atoms with van der Waals surface area (Å²) in [6, 6.07) is 8.37. The molecular weight excluding hydrogens is 218 g/mol. The Morgan fingerprint density at radius 1 is 1.38 bits per heavy atom. The number of thiazole rings is 1. The van der Waals surface area contributed by atoms with Crippen molar-refractivity contribution in [2.75, 3.05) is 0 Å². The first-order valence-corrected chi connectivity index (χ1v) is 5.97. The molecule has 0 N–H and O–H groups in total. The number of aldehydes is 1. The Labute approximate surface area is 99.0 Å². The predicted molar refractivity (Wildman–Crippen MR) is 66.2 cm³/mol. The standard InChI is InChI=1S/C13H13NOS/c1-9-4-3-5-11(6-9)7-12-10(2)16-13(8-15)14-12/h3-6,8H,7H2,1-2H3. The van der Waals surface area contributed by atoms with Crippen molar-refractivity contribution in [1.29, 1.82) is 0 Å². The van der Waals surface area contributed by atoms with Gasteiger partial charge < -0.3 is 0 Å². The van der Waals surface area contributed by atoms with Crippen molar-refractivity contribution in [2.24, 2.45) is 0 Å². The van der Waals surface area contributed by atoms with Gasteiger partial charge in [0.25, 0.3) is 0 Å². The second kappa shape index (κ2) is 4.58. The van der Waals surface area contributed by atoms with Crippen LogP contribution in [0, 0.1) is 13.8 Å². The van der Waals surface area contributed by atoms with E-state index in [0.717, 1.165) is 23.3 Å². The van der Waals surface area contributed by atoms with E-state index in [-0.39, 0.29) is 0 Å². The maximum atomic E-state index is 10.6. The lowest BCUT2D eigenvalue weighted by Gasteiger charge is -2.00. The third-order valence-electron chi connectivity index (χ3n) is 2.46. The first-order chi connectivity index (χ1) is 7.69. The summed E-state index contributed by atoms with van der Waals surface area (Å²) in [7, 11) is 0. The van der Waals surface area contributed by atoms with Crippen LogP contribution in [0.25, 0.3) is 0 Å². The smallest absolute Gasteiger partial charge is 0.178 e. The summed E-state index contributed by atoms with van der Waals surface area (Å²) in [5, 5.41) is 0.570. The van der Waals surface area contributed by atoms with Gasteiger partial charge in [0.05, 0.1) is 5.69 Å². The van der Waals surface area contributed by atoms with Crippen LogP contribution in [0.5, 0.6) is 0 Å². The van der Waals surface area contributed by atoms with E-state index in [9.17, 15) is 4.79 Å². The zero-order valence-corrected chi connectivity index (χ0v) is 10.2. The molecule has 82 valence electrons. The SMILES string of the molecule is Cc1cccc(Cc2nc(C=O)sc2C)c1. The summed E-state index contributed by atoms with van der Waals surface area (Å²) in [5.74, 6) is 0. The van der Waals surface area contributed by atoms with Crippen LogP contribution in [-0.2, 0) is 6.42 Å². The molecule has 3 heteroatoms. The summed E-state index contributed by atoms with van der Waals surface area (Å²) < 4.78 is 0. The molecule has 0 atom stereocenters. The molecule has 0 aliphatic heterocycles. The molecule has 1 aromatic heterocycles. The molecule has 1 heterocycles. The van der Waals surface area contributed by atoms with Crippen molar-refractivity contribution < 1.29 is 4.79 Å². The Bertz CT molecular complexity index is 516. The summed E-state index contributed by atoms with van der Waals surface area (Å²) in [5.41, 5.74) is 3.50. The molecule has 2 nitrogen and oxygen atoms in total. The van der Waals surface area contributed by atoms with Crippen LogP contribution in [0.3, 0.4) is 0 Å². The monoisotopic (exact) mass is 231 g/mol. The van der Waals surface area contributed by atoms with Gasteiger partial charge in [-0.15, -0.1) is 11.3 Å². The highest BCUT2D eigenvalue weighted by Gasteiger charge is 2.07. The zero-order valence-electron chi connectivity index (χ0n) is 9.36. The van der Waals surface area contributed by atoms with E-state index in [1.807, 2.05) is 13.0 Å². The molecular formula is C13H13NOS. The number of rotatable bonds is 3. The highest BCUT2D eigenvalue weighted by molar-refractivity contribution is 7.13. The first-order valence-electron chi connectivity index (χ1n) is 5.16. The lowest BCUT2D eigenvalue weighted by molar-refractivity contribution is 0.112. The van der Waals surface area contributed by atoms with E-state index in [2.05, 4.69) is 30.1 Å². The fraction of sp³-hybridized carbons (Fsp3) is 0.231. The minimum atomic E-state index is 0.570. The third-order valence-corrected chi connectivity index (χ3v) is 3.40. The minimum absolute atomic E-state index is 0.570. The van der Waals surface area contributed by atoms with E-state index in [1.165, 1.54) is 22.5 Å². The van der Waals surface area contributed by atoms with Crippen LogP contribution in [-0.4, -0.2) is 11.3 Å². The molecule has 2 aromatic rings. The Morgan fingerprint density at radius 2 is 2.19 bits per heavy atom. The number of nitrogens with zero attached hydrogens (tertiary/aromatic N) is 1. The largest absolute Gasteiger partial charge is 0.295 e. The van der Waals surface area contributed by atoms with Crippen molar-refractivity contribution in [3.05, 3.63) is 51.0 Å². The summed E-state index contributed by atoms with van der Waals surface area (Å²) in [6.07, 6.45) is 1.62. The number of hydrogen-bond donors (Lipinski definition) is 0. The lowest BCUT2D eigenvalue weighted by Crippen LogP contribution is -1.91. The highest BCUT2D eigenvalue weighted by Crippen LogP contribution is 2.19. The van der Waals surface area contributed by atoms with E-state index >= 15 is 0 Å². The predicted octanol–water partition coefficient (Wildman–Crippen LogP) is 3.16. The number of aryl methyl sites for hydroxylation is 2. The Hall–Kier alpha value is -1.48. The van der Waals surface area contributed by atoms with Crippen LogP contribution < -0.4 is 0 Å². The number of aromatic nitrogens is 1. The van der Waals surface area contributed by atoms with Gasteiger partial charge in [0.2, 0.25) is 0 Å². The normalized spacial score (nSPS) is 10.4. The molecule has 1 aromatic carbocycles. The van der Waals surface area contributed by atoms with Gasteiger partial charge in [-0.2, -0.15) is 0 Å². The Kier molecular flexibility index (Phi) is 3.15. The van der Waals surface area contributed by atoms with E-state index in [0.29, 0.717) is 5.01 Å². The molecule has 2 rings (SSSR count). The first kappa shape index (κ1) is 11.0. The molecule has 0 bridgehead atoms. The molecule has 0 amide bonds. The van der Waals surface area contributed by atoms with Crippen molar-refractivity contribution in [1.82, 2.24) is 4.98 Å². The fourth-order valence-corrected chi connectivity index (χ4v) is 2.43. The second-order valence-electron chi connectivity index (χ2n) is 3.84. The van der Waals surface area contributed by atoms with Crippen molar-refractivity contribution >= 4 is 17.6 Å². The maximum absolute atomic E-state index is 10.6. The van der Waals surface area contributed by atoms with Gasteiger partial charge in [0.15, 0.2) is 11.3 Å². The van der Waals surface area contributed by atoms with Crippen LogP contribution >= 0.6 is 11.3 Å². The van der Waals surface area contributed by atoms with Crippen LogP contribution in [0.1, 0.15) is 31.5 Å². The molecule has 0 fully saturated rings. The molecule has 0 spiro atoms. The Morgan fingerprint density at radius 3 is 2.81 bits per heavy atom. The van der Waals surface area contributed by atoms with Crippen LogP contribution in [0.2, 0.25) is 0 Å². The Balaban J connectivity index is 2.26. The second-order valence-corrected chi connectivity index (χ2v) is 5.07. The summed E-state index contributed by atoms with van der Waals surface area (Å²) in [6.45, 7) is 4.09. The van der Waals surface area contributed by atoms with E-state index in [1.54, 1.807) is 0 Å².